The lowest BCUT2D eigenvalue weighted by atomic mass is 10.1. The van der Waals surface area contributed by atoms with Crippen LogP contribution >= 0.6 is 11.8 Å². The lowest BCUT2D eigenvalue weighted by Gasteiger charge is -2.13. The maximum Gasteiger partial charge on any atom is 0.340 e. The minimum Gasteiger partial charge on any atom is -0.462 e. The number of carbonyl (C=O) groups excluding carboxylic acids is 1. The Kier molecular flexibility index (Phi) is 5.11. The van der Waals surface area contributed by atoms with E-state index in [-0.39, 0.29) is 0 Å². The van der Waals surface area contributed by atoms with Gasteiger partial charge in [-0.1, -0.05) is 12.1 Å². The molecule has 0 bridgehead atoms. The number of esters is 1. The van der Waals surface area contributed by atoms with Gasteiger partial charge in [-0.3, -0.25) is 0 Å². The lowest BCUT2D eigenvalue weighted by molar-refractivity contribution is 0.0527. The van der Waals surface area contributed by atoms with E-state index in [1.807, 2.05) is 36.6 Å². The van der Waals surface area contributed by atoms with Gasteiger partial charge in [0.05, 0.1) is 23.5 Å². The third-order valence-corrected chi connectivity index (χ3v) is 3.68. The molecule has 0 aliphatic carbocycles. The summed E-state index contributed by atoms with van der Waals surface area (Å²) in [5.41, 5.74) is 8.45. The Morgan fingerprint density at radius 3 is 2.76 bits per heavy atom. The second-order valence-corrected chi connectivity index (χ2v) is 5.22. The highest BCUT2D eigenvalue weighted by molar-refractivity contribution is 7.98. The van der Waals surface area contributed by atoms with Gasteiger partial charge in [0.15, 0.2) is 0 Å². The van der Waals surface area contributed by atoms with Crippen molar-refractivity contribution in [2.45, 2.75) is 11.8 Å². The number of anilines is 3. The molecule has 0 aromatic heterocycles. The minimum absolute atomic E-state index is 0.325. The number of para-hydroxylation sites is 1. The first kappa shape index (κ1) is 15.3. The third-order valence-electron chi connectivity index (χ3n) is 2.95. The summed E-state index contributed by atoms with van der Waals surface area (Å²) in [5.74, 6) is -0.406. The van der Waals surface area contributed by atoms with Crippen molar-refractivity contribution < 1.29 is 9.53 Å². The van der Waals surface area contributed by atoms with Crippen molar-refractivity contribution in [2.24, 2.45) is 0 Å². The van der Waals surface area contributed by atoms with E-state index in [1.165, 1.54) is 0 Å². The highest BCUT2D eigenvalue weighted by Gasteiger charge is 2.13. The summed E-state index contributed by atoms with van der Waals surface area (Å²) >= 11 is 1.67. The summed E-state index contributed by atoms with van der Waals surface area (Å²) in [6, 6.07) is 13.3. The summed E-state index contributed by atoms with van der Waals surface area (Å²) in [5, 5.41) is 3.24. The molecular formula is C16H18N2O2S. The number of ether oxygens (including phenoxy) is 1. The SMILES string of the molecule is CCOC(=O)c1cccc(Nc2cccc(SC)c2)c1N. The normalized spacial score (nSPS) is 10.2. The molecule has 21 heavy (non-hydrogen) atoms. The van der Waals surface area contributed by atoms with Crippen LogP contribution in [-0.4, -0.2) is 18.8 Å². The smallest absolute Gasteiger partial charge is 0.340 e. The molecule has 0 aliphatic rings. The highest BCUT2D eigenvalue weighted by Crippen LogP contribution is 2.28. The number of nitrogens with one attached hydrogen (secondary N) is 1. The first-order valence-electron chi connectivity index (χ1n) is 6.62. The molecule has 2 aromatic rings. The summed E-state index contributed by atoms with van der Waals surface area (Å²) in [6.07, 6.45) is 2.02. The molecule has 0 atom stereocenters. The standard InChI is InChI=1S/C16H18N2O2S/c1-3-20-16(19)13-8-5-9-14(15(13)17)18-11-6-4-7-12(10-11)21-2/h4-10,18H,3,17H2,1-2H3. The van der Waals surface area contributed by atoms with Crippen LogP contribution in [0.5, 0.6) is 0 Å². The number of rotatable bonds is 5. The molecule has 4 nitrogen and oxygen atoms in total. The van der Waals surface area contributed by atoms with E-state index in [0.717, 1.165) is 10.6 Å². The van der Waals surface area contributed by atoms with E-state index >= 15 is 0 Å². The average molecular weight is 302 g/mol. The number of hydrogen-bond acceptors (Lipinski definition) is 5. The summed E-state index contributed by atoms with van der Waals surface area (Å²) in [4.78, 5) is 13.0. The van der Waals surface area contributed by atoms with E-state index in [9.17, 15) is 4.79 Å². The predicted octanol–water partition coefficient (Wildman–Crippen LogP) is 3.91. The molecule has 0 aliphatic heterocycles. The lowest BCUT2D eigenvalue weighted by Crippen LogP contribution is -2.09. The summed E-state index contributed by atoms with van der Waals surface area (Å²) in [6.45, 7) is 2.09. The zero-order valence-corrected chi connectivity index (χ0v) is 12.9. The van der Waals surface area contributed by atoms with Crippen LogP contribution in [0.4, 0.5) is 17.1 Å². The number of hydrogen-bond donors (Lipinski definition) is 2. The first-order valence-corrected chi connectivity index (χ1v) is 7.85. The molecule has 0 saturated carbocycles. The third kappa shape index (κ3) is 3.70. The van der Waals surface area contributed by atoms with Gasteiger partial charge in [0.25, 0.3) is 0 Å². The van der Waals surface area contributed by atoms with Crippen molar-refractivity contribution in [1.82, 2.24) is 0 Å². The molecule has 0 fully saturated rings. The number of thioether (sulfide) groups is 1. The molecule has 110 valence electrons. The molecular weight excluding hydrogens is 284 g/mol. The zero-order chi connectivity index (χ0) is 15.2. The van der Waals surface area contributed by atoms with E-state index in [2.05, 4.69) is 5.32 Å². The van der Waals surface area contributed by atoms with Gasteiger partial charge < -0.3 is 15.8 Å². The highest BCUT2D eigenvalue weighted by atomic mass is 32.2. The van der Waals surface area contributed by atoms with Crippen LogP contribution in [0.1, 0.15) is 17.3 Å². The monoisotopic (exact) mass is 302 g/mol. The largest absolute Gasteiger partial charge is 0.462 e. The molecule has 0 saturated heterocycles. The molecule has 5 heteroatoms. The molecule has 3 N–H and O–H groups in total. The quantitative estimate of drug-likeness (QED) is 0.498. The van der Waals surface area contributed by atoms with Crippen LogP contribution in [0, 0.1) is 0 Å². The number of carbonyl (C=O) groups is 1. The van der Waals surface area contributed by atoms with Gasteiger partial charge in [-0.25, -0.2) is 4.79 Å². The Bertz CT molecular complexity index is 644. The Morgan fingerprint density at radius 1 is 1.29 bits per heavy atom. The van der Waals surface area contributed by atoms with Crippen LogP contribution in [0.25, 0.3) is 0 Å². The van der Waals surface area contributed by atoms with Gasteiger partial charge in [0, 0.05) is 10.6 Å². The van der Waals surface area contributed by atoms with Crippen molar-refractivity contribution in [3.63, 3.8) is 0 Å². The second kappa shape index (κ2) is 7.04. The van der Waals surface area contributed by atoms with Crippen molar-refractivity contribution in [1.29, 1.82) is 0 Å². The molecule has 0 heterocycles. The Labute approximate surface area is 128 Å². The topological polar surface area (TPSA) is 64.3 Å². The van der Waals surface area contributed by atoms with Crippen LogP contribution in [0.2, 0.25) is 0 Å². The van der Waals surface area contributed by atoms with Crippen LogP contribution in [0.15, 0.2) is 47.4 Å². The van der Waals surface area contributed by atoms with Gasteiger partial charge in [-0.2, -0.15) is 0 Å². The van der Waals surface area contributed by atoms with E-state index in [1.54, 1.807) is 30.8 Å². The summed E-state index contributed by atoms with van der Waals surface area (Å²) < 4.78 is 5.00. The Hall–Kier alpha value is -2.14. The molecule has 0 radical (unpaired) electrons. The van der Waals surface area contributed by atoms with Gasteiger partial charge >= 0.3 is 5.97 Å². The average Bonchev–Trinajstić information content (AvgIpc) is 2.50. The van der Waals surface area contributed by atoms with Crippen molar-refractivity contribution in [3.8, 4) is 0 Å². The molecule has 0 spiro atoms. The van der Waals surface area contributed by atoms with Crippen LogP contribution < -0.4 is 11.1 Å². The van der Waals surface area contributed by atoms with Gasteiger partial charge in [-0.15, -0.1) is 11.8 Å². The van der Waals surface area contributed by atoms with Crippen LogP contribution in [0.3, 0.4) is 0 Å². The fraction of sp³-hybridized carbons (Fsp3) is 0.188. The fourth-order valence-electron chi connectivity index (χ4n) is 1.92. The number of nitrogen functional groups attached to an aromatic ring is 1. The summed E-state index contributed by atoms with van der Waals surface area (Å²) in [7, 11) is 0. The minimum atomic E-state index is -0.406. The Balaban J connectivity index is 2.28. The van der Waals surface area contributed by atoms with Crippen LogP contribution in [-0.2, 0) is 4.74 Å². The van der Waals surface area contributed by atoms with E-state index in [0.29, 0.717) is 23.5 Å². The van der Waals surface area contributed by atoms with E-state index < -0.39 is 5.97 Å². The van der Waals surface area contributed by atoms with Crippen molar-refractivity contribution in [2.75, 3.05) is 23.9 Å². The first-order chi connectivity index (χ1) is 10.2. The molecule has 2 rings (SSSR count). The molecule has 2 aromatic carbocycles. The Morgan fingerprint density at radius 2 is 2.05 bits per heavy atom. The molecule has 0 unspecified atom stereocenters. The van der Waals surface area contributed by atoms with Crippen molar-refractivity contribution >= 4 is 34.8 Å². The second-order valence-electron chi connectivity index (χ2n) is 4.34. The predicted molar refractivity (Wildman–Crippen MR) is 88.3 cm³/mol. The van der Waals surface area contributed by atoms with Gasteiger partial charge in [0.1, 0.15) is 0 Å². The zero-order valence-electron chi connectivity index (χ0n) is 12.1. The van der Waals surface area contributed by atoms with Crippen molar-refractivity contribution in [3.05, 3.63) is 48.0 Å². The van der Waals surface area contributed by atoms with E-state index in [4.69, 9.17) is 10.5 Å². The fourth-order valence-corrected chi connectivity index (χ4v) is 2.38. The number of benzene rings is 2. The van der Waals surface area contributed by atoms with Gasteiger partial charge in [-0.05, 0) is 43.5 Å². The van der Waals surface area contributed by atoms with Gasteiger partial charge in [0.2, 0.25) is 0 Å². The maximum absolute atomic E-state index is 11.8. The maximum atomic E-state index is 11.8. The molecule has 0 amide bonds. The number of nitrogens with two attached hydrogens (primary N) is 1.